The number of benzene rings is 1. The minimum Gasteiger partial charge on any atom is -0.366 e. The van der Waals surface area contributed by atoms with Gasteiger partial charge in [-0.1, -0.05) is 15.9 Å². The van der Waals surface area contributed by atoms with Crippen molar-refractivity contribution in [1.82, 2.24) is 0 Å². The Kier molecular flexibility index (Phi) is 5.36. The van der Waals surface area contributed by atoms with E-state index in [1.165, 1.54) is 17.0 Å². The molecule has 5 heteroatoms. The summed E-state index contributed by atoms with van der Waals surface area (Å²) >= 11 is 3.16. The van der Waals surface area contributed by atoms with Gasteiger partial charge in [0.15, 0.2) is 0 Å². The van der Waals surface area contributed by atoms with Crippen LogP contribution >= 0.6 is 15.9 Å². The summed E-state index contributed by atoms with van der Waals surface area (Å²) in [6.07, 6.45) is 0.243. The van der Waals surface area contributed by atoms with Crippen molar-refractivity contribution in [3.8, 4) is 6.07 Å². The second-order valence-electron chi connectivity index (χ2n) is 3.53. The van der Waals surface area contributed by atoms with E-state index in [9.17, 15) is 8.78 Å². The molecule has 1 rings (SSSR count). The van der Waals surface area contributed by atoms with Crippen molar-refractivity contribution in [3.05, 3.63) is 29.3 Å². The quantitative estimate of drug-likeness (QED) is 0.777. The lowest BCUT2D eigenvalue weighted by atomic mass is 10.2. The molecule has 0 bridgehead atoms. The first-order valence-corrected chi connectivity index (χ1v) is 6.42. The van der Waals surface area contributed by atoms with Gasteiger partial charge in [0.25, 0.3) is 0 Å². The van der Waals surface area contributed by atoms with E-state index in [4.69, 9.17) is 5.26 Å². The maximum absolute atomic E-state index is 13.8. The number of nitrogens with zero attached hydrogens (tertiary/aromatic N) is 2. The summed E-state index contributed by atoms with van der Waals surface area (Å²) in [4.78, 5) is 1.53. The molecule has 0 aliphatic rings. The van der Waals surface area contributed by atoms with Crippen LogP contribution in [0.4, 0.5) is 14.5 Å². The van der Waals surface area contributed by atoms with Crippen LogP contribution in [-0.2, 0) is 5.33 Å². The van der Waals surface area contributed by atoms with E-state index in [1.807, 2.05) is 6.07 Å². The third kappa shape index (κ3) is 3.40. The van der Waals surface area contributed by atoms with Gasteiger partial charge in [0, 0.05) is 18.4 Å². The normalized spacial score (nSPS) is 10.1. The smallest absolute Gasteiger partial charge is 0.149 e. The number of hydrogen-bond donors (Lipinski definition) is 0. The summed E-state index contributed by atoms with van der Waals surface area (Å²) in [5.74, 6) is -1.17. The van der Waals surface area contributed by atoms with Gasteiger partial charge in [-0.3, -0.25) is 0 Å². The standard InChI is InChI=1S/C12H13BrF2N2/c1-2-17(5-3-4-16)12-10(14)6-9(8-13)7-11(12)15/h6-7H,2-3,5,8H2,1H3. The van der Waals surface area contributed by atoms with Gasteiger partial charge in [-0.05, 0) is 24.6 Å². The first kappa shape index (κ1) is 13.9. The minimum absolute atomic E-state index is 0.0487. The first-order chi connectivity index (χ1) is 8.13. The molecular formula is C12H13BrF2N2. The lowest BCUT2D eigenvalue weighted by Crippen LogP contribution is -2.26. The molecule has 1 aromatic carbocycles. The predicted octanol–water partition coefficient (Wildman–Crippen LogP) is 3.60. The zero-order chi connectivity index (χ0) is 12.8. The van der Waals surface area contributed by atoms with Crippen molar-refractivity contribution in [2.75, 3.05) is 18.0 Å². The Labute approximate surface area is 108 Å². The Bertz CT molecular complexity index is 406. The third-order valence-electron chi connectivity index (χ3n) is 2.42. The number of alkyl halides is 1. The first-order valence-electron chi connectivity index (χ1n) is 5.29. The largest absolute Gasteiger partial charge is 0.366 e. The number of anilines is 1. The Morgan fingerprint density at radius 1 is 1.35 bits per heavy atom. The number of halogens is 3. The van der Waals surface area contributed by atoms with Crippen molar-refractivity contribution in [3.63, 3.8) is 0 Å². The van der Waals surface area contributed by atoms with E-state index in [-0.39, 0.29) is 12.1 Å². The molecule has 1 aromatic rings. The summed E-state index contributed by atoms with van der Waals surface area (Å²) in [6, 6.07) is 4.59. The van der Waals surface area contributed by atoms with Gasteiger partial charge in [-0.25, -0.2) is 8.78 Å². The molecule has 92 valence electrons. The summed E-state index contributed by atoms with van der Waals surface area (Å²) in [5.41, 5.74) is 0.507. The Hall–Kier alpha value is -1.15. The fraction of sp³-hybridized carbons (Fsp3) is 0.417. The molecular weight excluding hydrogens is 290 g/mol. The van der Waals surface area contributed by atoms with E-state index >= 15 is 0 Å². The number of nitriles is 1. The Morgan fingerprint density at radius 2 is 1.94 bits per heavy atom. The highest BCUT2D eigenvalue weighted by Crippen LogP contribution is 2.26. The maximum atomic E-state index is 13.8. The van der Waals surface area contributed by atoms with Gasteiger partial charge in [0.05, 0.1) is 12.5 Å². The van der Waals surface area contributed by atoms with Crippen LogP contribution in [0, 0.1) is 23.0 Å². The molecule has 17 heavy (non-hydrogen) atoms. The molecule has 0 spiro atoms. The molecule has 0 aliphatic heterocycles. The third-order valence-corrected chi connectivity index (χ3v) is 3.07. The van der Waals surface area contributed by atoms with Crippen LogP contribution in [-0.4, -0.2) is 13.1 Å². The van der Waals surface area contributed by atoms with Gasteiger partial charge in [-0.15, -0.1) is 0 Å². The molecule has 0 saturated carbocycles. The summed E-state index contributed by atoms with van der Waals surface area (Å²) in [7, 11) is 0. The van der Waals surface area contributed by atoms with Gasteiger partial charge in [0.1, 0.15) is 17.3 Å². The molecule has 0 amide bonds. The highest BCUT2D eigenvalue weighted by molar-refractivity contribution is 9.08. The second kappa shape index (κ2) is 6.55. The van der Waals surface area contributed by atoms with Crippen LogP contribution in [0.3, 0.4) is 0 Å². The molecule has 0 saturated heterocycles. The fourth-order valence-electron chi connectivity index (χ4n) is 1.61. The maximum Gasteiger partial charge on any atom is 0.149 e. The average Bonchev–Trinajstić information content (AvgIpc) is 2.32. The second-order valence-corrected chi connectivity index (χ2v) is 4.09. The van der Waals surface area contributed by atoms with Gasteiger partial charge in [-0.2, -0.15) is 5.26 Å². The van der Waals surface area contributed by atoms with E-state index in [2.05, 4.69) is 15.9 Å². The van der Waals surface area contributed by atoms with Crippen LogP contribution < -0.4 is 4.90 Å². The zero-order valence-corrected chi connectivity index (χ0v) is 11.1. The zero-order valence-electron chi connectivity index (χ0n) is 9.51. The van der Waals surface area contributed by atoms with Crippen LogP contribution in [0.25, 0.3) is 0 Å². The molecule has 0 fully saturated rings. The molecule has 0 aromatic heterocycles. The van der Waals surface area contributed by atoms with E-state index in [1.54, 1.807) is 6.92 Å². The molecule has 0 aliphatic carbocycles. The summed E-state index contributed by atoms with van der Waals surface area (Å²) < 4.78 is 27.6. The predicted molar refractivity (Wildman–Crippen MR) is 67.1 cm³/mol. The van der Waals surface area contributed by atoms with Crippen molar-refractivity contribution in [2.24, 2.45) is 0 Å². The lowest BCUT2D eigenvalue weighted by Gasteiger charge is -2.23. The van der Waals surface area contributed by atoms with Crippen LogP contribution in [0.2, 0.25) is 0 Å². The fourth-order valence-corrected chi connectivity index (χ4v) is 1.93. The Morgan fingerprint density at radius 3 is 2.35 bits per heavy atom. The van der Waals surface area contributed by atoms with Crippen LogP contribution in [0.15, 0.2) is 12.1 Å². The van der Waals surface area contributed by atoms with E-state index in [0.717, 1.165) is 0 Å². The van der Waals surface area contributed by atoms with Gasteiger partial charge in [0.2, 0.25) is 0 Å². The number of hydrogen-bond acceptors (Lipinski definition) is 2. The minimum atomic E-state index is -0.584. The van der Waals surface area contributed by atoms with E-state index in [0.29, 0.717) is 24.0 Å². The summed E-state index contributed by atoms with van der Waals surface area (Å²) in [5, 5.41) is 8.92. The monoisotopic (exact) mass is 302 g/mol. The van der Waals surface area contributed by atoms with Crippen LogP contribution in [0.1, 0.15) is 18.9 Å². The highest BCUT2D eigenvalue weighted by atomic mass is 79.9. The summed E-state index contributed by atoms with van der Waals surface area (Å²) in [6.45, 7) is 2.59. The van der Waals surface area contributed by atoms with Crippen LogP contribution in [0.5, 0.6) is 0 Å². The van der Waals surface area contributed by atoms with Crippen molar-refractivity contribution in [1.29, 1.82) is 5.26 Å². The highest BCUT2D eigenvalue weighted by Gasteiger charge is 2.16. The van der Waals surface area contributed by atoms with Gasteiger partial charge < -0.3 is 4.90 Å². The molecule has 2 nitrogen and oxygen atoms in total. The van der Waals surface area contributed by atoms with Crippen molar-refractivity contribution >= 4 is 21.6 Å². The molecule has 0 heterocycles. The lowest BCUT2D eigenvalue weighted by molar-refractivity contribution is 0.570. The number of rotatable bonds is 5. The average molecular weight is 303 g/mol. The van der Waals surface area contributed by atoms with Crippen molar-refractivity contribution < 1.29 is 8.78 Å². The molecule has 0 atom stereocenters. The van der Waals surface area contributed by atoms with Gasteiger partial charge >= 0.3 is 0 Å². The molecule has 0 N–H and O–H groups in total. The SMILES string of the molecule is CCN(CCC#N)c1c(F)cc(CBr)cc1F. The van der Waals surface area contributed by atoms with Crippen molar-refractivity contribution in [2.45, 2.75) is 18.7 Å². The topological polar surface area (TPSA) is 27.0 Å². The molecule has 0 unspecified atom stereocenters. The Balaban J connectivity index is 3.07. The van der Waals surface area contributed by atoms with E-state index < -0.39 is 11.6 Å². The molecule has 0 radical (unpaired) electrons.